The van der Waals surface area contributed by atoms with Crippen LogP contribution < -0.4 is 15.4 Å². The fourth-order valence-corrected chi connectivity index (χ4v) is 2.74. The van der Waals surface area contributed by atoms with E-state index in [1.165, 1.54) is 4.90 Å². The molecule has 1 amide bonds. The van der Waals surface area contributed by atoms with Crippen LogP contribution in [-0.4, -0.2) is 28.8 Å². The van der Waals surface area contributed by atoms with Crippen LogP contribution in [0.25, 0.3) is 0 Å². The highest BCUT2D eigenvalue weighted by Gasteiger charge is 2.42. The largest absolute Gasteiger partial charge is 0.474 e. The van der Waals surface area contributed by atoms with Crippen molar-refractivity contribution in [3.63, 3.8) is 0 Å². The van der Waals surface area contributed by atoms with Crippen LogP contribution in [0.5, 0.6) is 5.75 Å². The van der Waals surface area contributed by atoms with Crippen LogP contribution in [0.4, 0.5) is 11.6 Å². The molecule has 1 aromatic heterocycles. The summed E-state index contributed by atoms with van der Waals surface area (Å²) in [5.74, 6) is 0.426. The van der Waals surface area contributed by atoms with Gasteiger partial charge in [0.25, 0.3) is 5.91 Å². The number of anilines is 2. The van der Waals surface area contributed by atoms with Crippen LogP contribution in [0, 0.1) is 0 Å². The molecule has 0 saturated heterocycles. The van der Waals surface area contributed by atoms with Gasteiger partial charge in [-0.2, -0.15) is 0 Å². The van der Waals surface area contributed by atoms with Gasteiger partial charge in [0.2, 0.25) is 0 Å². The number of rotatable bonds is 3. The Hall–Kier alpha value is -2.41. The van der Waals surface area contributed by atoms with Gasteiger partial charge < -0.3 is 10.5 Å². The van der Waals surface area contributed by atoms with Gasteiger partial charge in [-0.25, -0.2) is 4.98 Å². The number of pyridine rings is 1. The topological polar surface area (TPSA) is 85.5 Å². The number of fused-ring (bicyclic) bond motifs is 1. The summed E-state index contributed by atoms with van der Waals surface area (Å²) in [5, 5.41) is 0. The van der Waals surface area contributed by atoms with E-state index in [1.54, 1.807) is 50.2 Å². The predicted molar refractivity (Wildman–Crippen MR) is 94.2 cm³/mol. The number of Topliss-reactive ketones (excluding diaryl/α,β-unsaturated/α-hetero) is 1. The van der Waals surface area contributed by atoms with Gasteiger partial charge in [-0.15, -0.1) is 0 Å². The molecule has 1 aliphatic heterocycles. The lowest BCUT2D eigenvalue weighted by Gasteiger charge is -2.37. The summed E-state index contributed by atoms with van der Waals surface area (Å²) in [4.78, 5) is 30.8. The minimum Gasteiger partial charge on any atom is -0.474 e. The zero-order valence-corrected chi connectivity index (χ0v) is 14.8. The maximum Gasteiger partial charge on any atom is 0.272 e. The number of nitrogens with zero attached hydrogens (tertiary/aromatic N) is 2. The Kier molecular flexibility index (Phi) is 4.04. The van der Waals surface area contributed by atoms with Gasteiger partial charge in [-0.3, -0.25) is 14.5 Å². The molecule has 0 fully saturated rings. The average molecular weight is 390 g/mol. The van der Waals surface area contributed by atoms with Gasteiger partial charge in [0.05, 0.1) is 6.54 Å². The van der Waals surface area contributed by atoms with E-state index < -0.39 is 5.60 Å². The molecular weight excluding hydrogens is 374 g/mol. The molecule has 124 valence electrons. The number of ketones is 1. The number of nitrogens with two attached hydrogens (primary N) is 1. The molecule has 1 aromatic carbocycles. The van der Waals surface area contributed by atoms with Gasteiger partial charge in [-0.1, -0.05) is 28.1 Å². The highest BCUT2D eigenvalue weighted by molar-refractivity contribution is 9.10. The second kappa shape index (κ2) is 5.90. The minimum absolute atomic E-state index is 0.128. The number of carbonyl (C=O) groups excluding carboxylic acids is 2. The van der Waals surface area contributed by atoms with Gasteiger partial charge in [0.1, 0.15) is 5.82 Å². The van der Waals surface area contributed by atoms with Crippen molar-refractivity contribution >= 4 is 39.3 Å². The van der Waals surface area contributed by atoms with Crippen molar-refractivity contribution in [2.75, 3.05) is 17.2 Å². The fourth-order valence-electron chi connectivity index (χ4n) is 2.48. The molecule has 0 bridgehead atoms. The number of ether oxygens (including phenoxy) is 1. The maximum atomic E-state index is 12.7. The molecule has 0 unspecified atom stereocenters. The smallest absolute Gasteiger partial charge is 0.272 e. The number of hydrogen-bond donors (Lipinski definition) is 1. The molecule has 0 aliphatic carbocycles. The first-order valence-electron chi connectivity index (χ1n) is 7.34. The van der Waals surface area contributed by atoms with E-state index >= 15 is 0 Å². The molecule has 0 saturated carbocycles. The van der Waals surface area contributed by atoms with Crippen molar-refractivity contribution in [1.29, 1.82) is 0 Å². The van der Waals surface area contributed by atoms with Crippen LogP contribution in [-0.2, 0) is 4.79 Å². The Balaban J connectivity index is 1.96. The van der Waals surface area contributed by atoms with Gasteiger partial charge >= 0.3 is 0 Å². The first kappa shape index (κ1) is 16.4. The first-order chi connectivity index (χ1) is 11.3. The van der Waals surface area contributed by atoms with Gasteiger partial charge in [0.15, 0.2) is 23.0 Å². The zero-order chi connectivity index (χ0) is 17.5. The van der Waals surface area contributed by atoms with E-state index in [1.807, 2.05) is 0 Å². The number of aromatic nitrogens is 1. The number of carbonyl (C=O) groups is 2. The van der Waals surface area contributed by atoms with Gasteiger partial charge in [-0.05, 0) is 38.1 Å². The van der Waals surface area contributed by atoms with Crippen molar-refractivity contribution in [3.8, 4) is 5.75 Å². The summed E-state index contributed by atoms with van der Waals surface area (Å²) >= 11 is 3.33. The lowest BCUT2D eigenvalue weighted by atomic mass is 10.0. The van der Waals surface area contributed by atoms with Crippen LogP contribution in [0.3, 0.4) is 0 Å². The third kappa shape index (κ3) is 2.99. The lowest BCUT2D eigenvalue weighted by molar-refractivity contribution is -0.132. The second-order valence-corrected chi connectivity index (χ2v) is 6.91. The number of benzene rings is 1. The molecule has 1 aliphatic rings. The van der Waals surface area contributed by atoms with E-state index in [9.17, 15) is 9.59 Å². The minimum atomic E-state index is -1.08. The quantitative estimate of drug-likeness (QED) is 0.815. The molecular formula is C17H16BrN3O3. The number of hydrogen-bond acceptors (Lipinski definition) is 5. The van der Waals surface area contributed by atoms with Crippen LogP contribution in [0.1, 0.15) is 24.2 Å². The highest BCUT2D eigenvalue weighted by Crippen LogP contribution is 2.36. The van der Waals surface area contributed by atoms with Crippen LogP contribution >= 0.6 is 15.9 Å². The molecule has 7 heteroatoms. The van der Waals surface area contributed by atoms with Crippen molar-refractivity contribution < 1.29 is 14.3 Å². The summed E-state index contributed by atoms with van der Waals surface area (Å²) in [6.07, 6.45) is 0. The third-order valence-corrected chi connectivity index (χ3v) is 4.24. The molecule has 0 atom stereocenters. The molecule has 2 aromatic rings. The number of amides is 1. The van der Waals surface area contributed by atoms with Crippen molar-refractivity contribution in [2.45, 2.75) is 19.4 Å². The summed E-state index contributed by atoms with van der Waals surface area (Å²) in [6, 6.07) is 10.2. The Bertz CT molecular complexity index is 818. The van der Waals surface area contributed by atoms with Crippen LogP contribution in [0.2, 0.25) is 0 Å². The molecule has 3 rings (SSSR count). The normalized spacial score (nSPS) is 15.6. The highest BCUT2D eigenvalue weighted by atomic mass is 79.9. The Morgan fingerprint density at radius 2 is 1.92 bits per heavy atom. The van der Waals surface area contributed by atoms with Gasteiger partial charge in [0, 0.05) is 10.0 Å². The molecule has 0 radical (unpaired) electrons. The molecule has 0 spiro atoms. The third-order valence-electron chi connectivity index (χ3n) is 3.71. The predicted octanol–water partition coefficient (Wildman–Crippen LogP) is 2.81. The summed E-state index contributed by atoms with van der Waals surface area (Å²) in [5.41, 5.74) is 5.16. The Morgan fingerprint density at radius 1 is 1.25 bits per heavy atom. The lowest BCUT2D eigenvalue weighted by Crippen LogP contribution is -2.54. The first-order valence-corrected chi connectivity index (χ1v) is 8.13. The summed E-state index contributed by atoms with van der Waals surface area (Å²) < 4.78 is 6.57. The van der Waals surface area contributed by atoms with E-state index in [0.29, 0.717) is 11.3 Å². The SMILES string of the molecule is CC1(C)Oc2ccc(N)nc2N(CC(=O)c2ccc(Br)cc2)C1=O. The van der Waals surface area contributed by atoms with Crippen LogP contribution in [0.15, 0.2) is 40.9 Å². The van der Waals surface area contributed by atoms with Crippen molar-refractivity contribution in [3.05, 3.63) is 46.4 Å². The van der Waals surface area contributed by atoms with E-state index in [2.05, 4.69) is 20.9 Å². The van der Waals surface area contributed by atoms with E-state index in [0.717, 1.165) is 4.47 Å². The summed E-state index contributed by atoms with van der Waals surface area (Å²) in [6.45, 7) is 3.19. The van der Waals surface area contributed by atoms with Crippen molar-refractivity contribution in [2.24, 2.45) is 0 Å². The van der Waals surface area contributed by atoms with Crippen molar-refractivity contribution in [1.82, 2.24) is 4.98 Å². The molecule has 2 heterocycles. The molecule has 6 nitrogen and oxygen atoms in total. The number of nitrogen functional groups attached to an aromatic ring is 1. The maximum absolute atomic E-state index is 12.7. The second-order valence-electron chi connectivity index (χ2n) is 5.99. The standard InChI is InChI=1S/C17H16BrN3O3/c1-17(2)16(23)21(15-13(24-17)7-8-14(19)20-15)9-12(22)10-3-5-11(18)6-4-10/h3-8H,9H2,1-2H3,(H2,19,20). The average Bonchev–Trinajstić information content (AvgIpc) is 2.53. The zero-order valence-electron chi connectivity index (χ0n) is 13.2. The van der Waals surface area contributed by atoms with E-state index in [-0.39, 0.29) is 29.9 Å². The molecule has 24 heavy (non-hydrogen) atoms. The molecule has 2 N–H and O–H groups in total. The fraction of sp³-hybridized carbons (Fsp3) is 0.235. The Morgan fingerprint density at radius 3 is 2.58 bits per heavy atom. The van der Waals surface area contributed by atoms with E-state index in [4.69, 9.17) is 10.5 Å². The number of halogens is 1. The Labute approximate surface area is 147 Å². The summed E-state index contributed by atoms with van der Waals surface area (Å²) in [7, 11) is 0. The monoisotopic (exact) mass is 389 g/mol.